The first-order chi connectivity index (χ1) is 17.8. The van der Waals surface area contributed by atoms with E-state index < -0.39 is 11.4 Å². The topological polar surface area (TPSA) is 106 Å². The van der Waals surface area contributed by atoms with Gasteiger partial charge in [-0.05, 0) is 49.9 Å². The summed E-state index contributed by atoms with van der Waals surface area (Å²) < 4.78 is 6.80. The standard InChI is InChI=1S/C28H31N5O4/c1-18-5-4-6-20(13-18)15-30-27(36)28(2)16-32-17-31-23(24(32)26(35)33(28)21-9-10-21)25(34)29-14-19-7-11-22(37-3)12-8-19/h4-8,11-13,17,21H,9-10,14-16H2,1-3H3,(H,29,34)(H,30,36). The molecular weight excluding hydrogens is 470 g/mol. The fourth-order valence-electron chi connectivity index (χ4n) is 4.93. The number of carbonyl (C=O) groups excluding carboxylic acids is 3. The molecule has 2 N–H and O–H groups in total. The zero-order chi connectivity index (χ0) is 26.2. The first kappa shape index (κ1) is 24.5. The molecule has 1 atom stereocenters. The number of fused-ring (bicyclic) bond motifs is 1. The van der Waals surface area contributed by atoms with Crippen LogP contribution < -0.4 is 15.4 Å². The largest absolute Gasteiger partial charge is 0.497 e. The van der Waals surface area contributed by atoms with Gasteiger partial charge in [0.05, 0.1) is 20.0 Å². The van der Waals surface area contributed by atoms with E-state index in [0.29, 0.717) is 6.54 Å². The number of rotatable bonds is 8. The van der Waals surface area contributed by atoms with E-state index in [9.17, 15) is 14.4 Å². The third-order valence-electron chi connectivity index (χ3n) is 7.03. The van der Waals surface area contributed by atoms with Crippen molar-refractivity contribution in [2.75, 3.05) is 7.11 Å². The number of aryl methyl sites for hydroxylation is 1. The molecule has 2 aliphatic rings. The van der Waals surface area contributed by atoms with E-state index in [1.807, 2.05) is 55.5 Å². The third-order valence-corrected chi connectivity index (χ3v) is 7.03. The summed E-state index contributed by atoms with van der Waals surface area (Å²) in [6.07, 6.45) is 3.14. The first-order valence-electron chi connectivity index (χ1n) is 12.4. The lowest BCUT2D eigenvalue weighted by molar-refractivity contribution is -0.133. The number of nitrogens with zero attached hydrogens (tertiary/aromatic N) is 3. The SMILES string of the molecule is COc1ccc(CNC(=O)c2ncn3c2C(=O)N(C2CC2)C(C)(C(=O)NCc2cccc(C)c2)C3)cc1. The second-order valence-corrected chi connectivity index (χ2v) is 9.95. The molecule has 1 unspecified atom stereocenters. The van der Waals surface area contributed by atoms with Crippen molar-refractivity contribution < 1.29 is 19.1 Å². The van der Waals surface area contributed by atoms with E-state index in [0.717, 1.165) is 35.3 Å². The molecule has 0 spiro atoms. The van der Waals surface area contributed by atoms with Gasteiger partial charge in [-0.15, -0.1) is 0 Å². The molecule has 1 aliphatic carbocycles. The number of methoxy groups -OCH3 is 1. The van der Waals surface area contributed by atoms with Crippen LogP contribution in [0.4, 0.5) is 0 Å². The number of benzene rings is 2. The second kappa shape index (κ2) is 9.72. The molecule has 0 radical (unpaired) electrons. The molecule has 2 aromatic carbocycles. The highest BCUT2D eigenvalue weighted by atomic mass is 16.5. The minimum Gasteiger partial charge on any atom is -0.497 e. The summed E-state index contributed by atoms with van der Waals surface area (Å²) in [5.41, 5.74) is 2.22. The van der Waals surface area contributed by atoms with Gasteiger partial charge in [0.1, 0.15) is 17.0 Å². The average Bonchev–Trinajstić information content (AvgIpc) is 3.63. The average molecular weight is 502 g/mol. The van der Waals surface area contributed by atoms with E-state index in [1.165, 1.54) is 6.33 Å². The predicted octanol–water partition coefficient (Wildman–Crippen LogP) is 2.82. The van der Waals surface area contributed by atoms with Crippen molar-refractivity contribution >= 4 is 17.7 Å². The molecule has 3 aromatic rings. The Morgan fingerprint density at radius 2 is 1.81 bits per heavy atom. The number of carbonyl (C=O) groups is 3. The molecule has 2 heterocycles. The summed E-state index contributed by atoms with van der Waals surface area (Å²) in [7, 11) is 1.60. The highest BCUT2D eigenvalue weighted by Crippen LogP contribution is 2.38. The van der Waals surface area contributed by atoms with E-state index in [4.69, 9.17) is 4.74 Å². The Kier molecular flexibility index (Phi) is 6.45. The molecule has 1 saturated carbocycles. The van der Waals surface area contributed by atoms with Crippen LogP contribution in [0.5, 0.6) is 5.75 Å². The summed E-state index contributed by atoms with van der Waals surface area (Å²) in [6.45, 7) is 4.68. The summed E-state index contributed by atoms with van der Waals surface area (Å²) in [6, 6.07) is 15.3. The Balaban J connectivity index is 1.34. The minimum atomic E-state index is -1.09. The van der Waals surface area contributed by atoms with Crippen molar-refractivity contribution in [3.05, 3.63) is 82.9 Å². The lowest BCUT2D eigenvalue weighted by Crippen LogP contribution is -2.64. The quantitative estimate of drug-likeness (QED) is 0.494. The van der Waals surface area contributed by atoms with E-state index in [-0.39, 0.29) is 42.3 Å². The van der Waals surface area contributed by atoms with Crippen LogP contribution in [-0.2, 0) is 24.4 Å². The van der Waals surface area contributed by atoms with Gasteiger partial charge in [-0.2, -0.15) is 0 Å². The van der Waals surface area contributed by atoms with Crippen molar-refractivity contribution in [3.8, 4) is 5.75 Å². The van der Waals surface area contributed by atoms with Gasteiger partial charge in [0.25, 0.3) is 11.8 Å². The number of ether oxygens (including phenoxy) is 1. The number of hydrogen-bond acceptors (Lipinski definition) is 5. The molecule has 0 saturated heterocycles. The van der Waals surface area contributed by atoms with Crippen LogP contribution in [0.25, 0.3) is 0 Å². The van der Waals surface area contributed by atoms with Crippen LogP contribution in [0.3, 0.4) is 0 Å². The zero-order valence-corrected chi connectivity index (χ0v) is 21.3. The smallest absolute Gasteiger partial charge is 0.274 e. The van der Waals surface area contributed by atoms with Gasteiger partial charge in [0, 0.05) is 19.1 Å². The molecule has 3 amide bonds. The summed E-state index contributed by atoms with van der Waals surface area (Å²) in [5.74, 6) is -0.260. The fraction of sp³-hybridized carbons (Fsp3) is 0.357. The summed E-state index contributed by atoms with van der Waals surface area (Å²) >= 11 is 0. The molecule has 1 aliphatic heterocycles. The van der Waals surface area contributed by atoms with Gasteiger partial charge >= 0.3 is 0 Å². The van der Waals surface area contributed by atoms with Crippen LogP contribution in [0.15, 0.2) is 54.9 Å². The molecule has 192 valence electrons. The molecule has 1 aromatic heterocycles. The van der Waals surface area contributed by atoms with Gasteiger partial charge in [-0.1, -0.05) is 42.0 Å². The van der Waals surface area contributed by atoms with E-state index in [2.05, 4.69) is 15.6 Å². The first-order valence-corrected chi connectivity index (χ1v) is 12.4. The summed E-state index contributed by atoms with van der Waals surface area (Å²) in [5, 5.41) is 5.87. The van der Waals surface area contributed by atoms with Gasteiger partial charge in [0.15, 0.2) is 5.69 Å². The lowest BCUT2D eigenvalue weighted by atomic mass is 9.93. The number of amides is 3. The molecular formula is C28H31N5O4. The fourth-order valence-corrected chi connectivity index (χ4v) is 4.93. The van der Waals surface area contributed by atoms with Crippen LogP contribution in [0, 0.1) is 6.92 Å². The maximum Gasteiger partial charge on any atom is 0.274 e. The minimum absolute atomic E-state index is 0.0268. The highest BCUT2D eigenvalue weighted by Gasteiger charge is 2.53. The van der Waals surface area contributed by atoms with Crippen LogP contribution in [-0.4, -0.2) is 50.9 Å². The maximum absolute atomic E-state index is 13.8. The Hall–Kier alpha value is -4.14. The lowest BCUT2D eigenvalue weighted by Gasteiger charge is -2.44. The van der Waals surface area contributed by atoms with Gasteiger partial charge in [0.2, 0.25) is 5.91 Å². The zero-order valence-electron chi connectivity index (χ0n) is 21.3. The van der Waals surface area contributed by atoms with Crippen LogP contribution >= 0.6 is 0 Å². The van der Waals surface area contributed by atoms with Gasteiger partial charge in [-0.3, -0.25) is 14.4 Å². The maximum atomic E-state index is 13.8. The number of aromatic nitrogens is 2. The molecule has 9 nitrogen and oxygen atoms in total. The Morgan fingerprint density at radius 1 is 1.08 bits per heavy atom. The monoisotopic (exact) mass is 501 g/mol. The van der Waals surface area contributed by atoms with E-state index >= 15 is 0 Å². The molecule has 5 rings (SSSR count). The van der Waals surface area contributed by atoms with Gasteiger partial charge < -0.3 is 24.8 Å². The number of nitrogens with one attached hydrogen (secondary N) is 2. The molecule has 0 bridgehead atoms. The molecule has 37 heavy (non-hydrogen) atoms. The Bertz CT molecular complexity index is 1340. The van der Waals surface area contributed by atoms with Crippen LogP contribution in [0.1, 0.15) is 57.4 Å². The predicted molar refractivity (Wildman–Crippen MR) is 137 cm³/mol. The number of hydrogen-bond donors (Lipinski definition) is 2. The Labute approximate surface area is 215 Å². The van der Waals surface area contributed by atoms with Gasteiger partial charge in [-0.25, -0.2) is 4.98 Å². The summed E-state index contributed by atoms with van der Waals surface area (Å²) in [4.78, 5) is 46.2. The third kappa shape index (κ3) is 4.81. The van der Waals surface area contributed by atoms with Crippen molar-refractivity contribution in [2.45, 2.75) is 57.9 Å². The molecule has 1 fully saturated rings. The molecule has 9 heteroatoms. The highest BCUT2D eigenvalue weighted by molar-refractivity contribution is 6.07. The normalized spacial score (nSPS) is 18.8. The van der Waals surface area contributed by atoms with Crippen molar-refractivity contribution in [2.24, 2.45) is 0 Å². The van der Waals surface area contributed by atoms with Crippen LogP contribution in [0.2, 0.25) is 0 Å². The van der Waals surface area contributed by atoms with Crippen molar-refractivity contribution in [1.82, 2.24) is 25.1 Å². The second-order valence-electron chi connectivity index (χ2n) is 9.95. The van der Waals surface area contributed by atoms with Crippen molar-refractivity contribution in [1.29, 1.82) is 0 Å². The van der Waals surface area contributed by atoms with E-state index in [1.54, 1.807) is 23.5 Å². The Morgan fingerprint density at radius 3 is 2.49 bits per heavy atom. The number of imidazole rings is 1. The van der Waals surface area contributed by atoms with Crippen molar-refractivity contribution in [3.63, 3.8) is 0 Å².